The first-order chi connectivity index (χ1) is 11.4. The van der Waals surface area contributed by atoms with Gasteiger partial charge < -0.3 is 10.6 Å². The topological polar surface area (TPSA) is 58.2 Å². The summed E-state index contributed by atoms with van der Waals surface area (Å²) >= 11 is 6.03. The summed E-state index contributed by atoms with van der Waals surface area (Å²) in [6.45, 7) is 1.88. The molecule has 2 aromatic carbocycles. The highest BCUT2D eigenvalue weighted by molar-refractivity contribution is 6.31. The number of anilines is 2. The lowest BCUT2D eigenvalue weighted by Crippen LogP contribution is -2.20. The molecule has 0 aromatic heterocycles. The molecule has 2 atom stereocenters. The second kappa shape index (κ2) is 6.61. The van der Waals surface area contributed by atoms with Crippen molar-refractivity contribution in [3.05, 3.63) is 58.9 Å². The van der Waals surface area contributed by atoms with Crippen molar-refractivity contribution >= 4 is 34.8 Å². The standard InChI is InChI=1S/C18H16ClFN2O2/c1-10-5-6-13(8-16(10)19)22-18(24)15-9-14(15)17(23)21-12-4-2-3-11(20)7-12/h2-8,14-15H,9H2,1H3,(H,21,23)(H,22,24). The number of hydrogen-bond donors (Lipinski definition) is 2. The molecular weight excluding hydrogens is 331 g/mol. The minimum atomic E-state index is -0.422. The summed E-state index contributed by atoms with van der Waals surface area (Å²) in [5, 5.41) is 5.97. The molecular formula is C18H16ClFN2O2. The summed E-state index contributed by atoms with van der Waals surface area (Å²) in [5.41, 5.74) is 1.91. The van der Waals surface area contributed by atoms with E-state index in [9.17, 15) is 14.0 Å². The Kier molecular flexibility index (Phi) is 4.53. The number of amides is 2. The molecule has 0 heterocycles. The largest absolute Gasteiger partial charge is 0.326 e. The van der Waals surface area contributed by atoms with Gasteiger partial charge in [0.1, 0.15) is 5.82 Å². The number of rotatable bonds is 4. The van der Waals surface area contributed by atoms with Crippen molar-refractivity contribution in [3.63, 3.8) is 0 Å². The van der Waals surface area contributed by atoms with E-state index in [4.69, 9.17) is 11.6 Å². The van der Waals surface area contributed by atoms with Gasteiger partial charge in [-0.15, -0.1) is 0 Å². The van der Waals surface area contributed by atoms with Crippen molar-refractivity contribution in [3.8, 4) is 0 Å². The van der Waals surface area contributed by atoms with Crippen LogP contribution in [0.1, 0.15) is 12.0 Å². The Morgan fingerprint density at radius 2 is 1.67 bits per heavy atom. The van der Waals surface area contributed by atoms with E-state index in [1.54, 1.807) is 18.2 Å². The van der Waals surface area contributed by atoms with Gasteiger partial charge in [0.25, 0.3) is 0 Å². The van der Waals surface area contributed by atoms with Crippen LogP contribution in [0.5, 0.6) is 0 Å². The molecule has 1 aliphatic rings. The minimum Gasteiger partial charge on any atom is -0.326 e. The third kappa shape index (κ3) is 3.74. The Bertz CT molecular complexity index is 809. The number of hydrogen-bond acceptors (Lipinski definition) is 2. The molecule has 4 nitrogen and oxygen atoms in total. The summed E-state index contributed by atoms with van der Waals surface area (Å²) in [4.78, 5) is 24.3. The predicted octanol–water partition coefficient (Wildman–Crippen LogP) is 4.00. The summed E-state index contributed by atoms with van der Waals surface area (Å²) in [5.74, 6) is -1.68. The van der Waals surface area contributed by atoms with E-state index in [1.165, 1.54) is 18.2 Å². The zero-order valence-electron chi connectivity index (χ0n) is 13.0. The summed E-state index contributed by atoms with van der Waals surface area (Å²) in [6, 6.07) is 10.9. The highest BCUT2D eigenvalue weighted by Gasteiger charge is 2.48. The molecule has 2 amide bonds. The molecule has 6 heteroatoms. The predicted molar refractivity (Wildman–Crippen MR) is 91.4 cm³/mol. The van der Waals surface area contributed by atoms with E-state index in [0.29, 0.717) is 22.8 Å². The third-order valence-electron chi connectivity index (χ3n) is 4.00. The van der Waals surface area contributed by atoms with Crippen molar-refractivity contribution in [2.45, 2.75) is 13.3 Å². The quantitative estimate of drug-likeness (QED) is 0.879. The maximum Gasteiger partial charge on any atom is 0.228 e. The second-order valence-electron chi connectivity index (χ2n) is 5.90. The molecule has 0 bridgehead atoms. The lowest BCUT2D eigenvalue weighted by atomic mass is 10.2. The number of carbonyl (C=O) groups excluding carboxylic acids is 2. The molecule has 0 aliphatic heterocycles. The van der Waals surface area contributed by atoms with Gasteiger partial charge >= 0.3 is 0 Å². The van der Waals surface area contributed by atoms with Crippen LogP contribution in [0, 0.1) is 24.6 Å². The Balaban J connectivity index is 1.57. The van der Waals surface area contributed by atoms with Crippen molar-refractivity contribution in [1.82, 2.24) is 0 Å². The highest BCUT2D eigenvalue weighted by Crippen LogP contribution is 2.40. The summed E-state index contributed by atoms with van der Waals surface area (Å²) < 4.78 is 13.1. The maximum atomic E-state index is 13.1. The van der Waals surface area contributed by atoms with Crippen LogP contribution < -0.4 is 10.6 Å². The van der Waals surface area contributed by atoms with Gasteiger partial charge in [-0.05, 0) is 49.2 Å². The van der Waals surface area contributed by atoms with Crippen LogP contribution in [-0.2, 0) is 9.59 Å². The Morgan fingerprint density at radius 3 is 2.25 bits per heavy atom. The molecule has 0 radical (unpaired) electrons. The van der Waals surface area contributed by atoms with E-state index < -0.39 is 11.7 Å². The molecule has 124 valence electrons. The van der Waals surface area contributed by atoms with Gasteiger partial charge in [0.05, 0.1) is 11.8 Å². The van der Waals surface area contributed by atoms with E-state index in [2.05, 4.69) is 10.6 Å². The van der Waals surface area contributed by atoms with Gasteiger partial charge in [-0.3, -0.25) is 9.59 Å². The van der Waals surface area contributed by atoms with Crippen LogP contribution in [0.3, 0.4) is 0 Å². The Labute approximate surface area is 144 Å². The van der Waals surface area contributed by atoms with E-state index in [-0.39, 0.29) is 17.7 Å². The van der Waals surface area contributed by atoms with Crippen molar-refractivity contribution in [2.75, 3.05) is 10.6 Å². The SMILES string of the molecule is Cc1ccc(NC(=O)C2CC2C(=O)Nc2cccc(F)c2)cc1Cl. The third-order valence-corrected chi connectivity index (χ3v) is 4.40. The van der Waals surface area contributed by atoms with Gasteiger partial charge in [0.15, 0.2) is 0 Å². The van der Waals surface area contributed by atoms with Gasteiger partial charge in [0, 0.05) is 16.4 Å². The van der Waals surface area contributed by atoms with Gasteiger partial charge in [-0.2, -0.15) is 0 Å². The summed E-state index contributed by atoms with van der Waals surface area (Å²) in [7, 11) is 0. The first-order valence-corrected chi connectivity index (χ1v) is 7.95. The lowest BCUT2D eigenvalue weighted by Gasteiger charge is -2.07. The van der Waals surface area contributed by atoms with Crippen LogP contribution in [0.4, 0.5) is 15.8 Å². The van der Waals surface area contributed by atoms with Gasteiger partial charge in [-0.25, -0.2) is 4.39 Å². The normalized spacial score (nSPS) is 18.8. The first kappa shape index (κ1) is 16.5. The fourth-order valence-electron chi connectivity index (χ4n) is 2.48. The zero-order chi connectivity index (χ0) is 17.3. The van der Waals surface area contributed by atoms with Crippen LogP contribution >= 0.6 is 11.6 Å². The fourth-order valence-corrected chi connectivity index (χ4v) is 2.66. The molecule has 1 saturated carbocycles. The average Bonchev–Trinajstić information content (AvgIpc) is 3.32. The molecule has 2 unspecified atom stereocenters. The van der Waals surface area contributed by atoms with Gasteiger partial charge in [-0.1, -0.05) is 23.7 Å². The fraction of sp³-hybridized carbons (Fsp3) is 0.222. The smallest absolute Gasteiger partial charge is 0.228 e. The molecule has 2 N–H and O–H groups in total. The number of nitrogens with one attached hydrogen (secondary N) is 2. The van der Waals surface area contributed by atoms with Crippen molar-refractivity contribution < 1.29 is 14.0 Å². The van der Waals surface area contributed by atoms with Crippen LogP contribution in [0.15, 0.2) is 42.5 Å². The number of benzene rings is 2. The second-order valence-corrected chi connectivity index (χ2v) is 6.31. The van der Waals surface area contributed by atoms with Crippen molar-refractivity contribution in [2.24, 2.45) is 11.8 Å². The first-order valence-electron chi connectivity index (χ1n) is 7.57. The molecule has 0 saturated heterocycles. The Hall–Kier alpha value is -2.40. The van der Waals surface area contributed by atoms with Gasteiger partial charge in [0.2, 0.25) is 11.8 Å². The zero-order valence-corrected chi connectivity index (χ0v) is 13.7. The van der Waals surface area contributed by atoms with E-state index >= 15 is 0 Å². The van der Waals surface area contributed by atoms with Crippen LogP contribution in [0.2, 0.25) is 5.02 Å². The number of halogens is 2. The van der Waals surface area contributed by atoms with Crippen LogP contribution in [0.25, 0.3) is 0 Å². The molecule has 1 aliphatic carbocycles. The minimum absolute atomic E-state index is 0.214. The molecule has 2 aromatic rings. The Morgan fingerprint density at radius 1 is 1.04 bits per heavy atom. The number of aryl methyl sites for hydroxylation is 1. The van der Waals surface area contributed by atoms with Crippen LogP contribution in [-0.4, -0.2) is 11.8 Å². The van der Waals surface area contributed by atoms with Crippen molar-refractivity contribution in [1.29, 1.82) is 0 Å². The van der Waals surface area contributed by atoms with E-state index in [0.717, 1.165) is 5.56 Å². The number of carbonyl (C=O) groups is 2. The molecule has 0 spiro atoms. The molecule has 1 fully saturated rings. The molecule has 3 rings (SSSR count). The highest BCUT2D eigenvalue weighted by atomic mass is 35.5. The maximum absolute atomic E-state index is 13.1. The molecule has 24 heavy (non-hydrogen) atoms. The lowest BCUT2D eigenvalue weighted by molar-refractivity contribution is -0.122. The average molecular weight is 347 g/mol. The van der Waals surface area contributed by atoms with E-state index in [1.807, 2.05) is 13.0 Å². The summed E-state index contributed by atoms with van der Waals surface area (Å²) in [6.07, 6.45) is 0.479. The monoisotopic (exact) mass is 346 g/mol.